The molecule has 0 saturated carbocycles. The standard InChI is InChI=1S/C32H43N3O7Si/c1-31(2,3)32(4,42-43(5)6)27-25(33-28(27)37)17-26(36)24-18-34(29(38)40-20-22-13-9-7-10-14-22)35(19-24)30(39)41-21-23-15-11-8-12-16-23/h7-16,24-25,27,43H,17-21H2,1-6H3,(H,33,37)/t25-,27-,32-/m1/s1. The lowest BCUT2D eigenvalue weighted by molar-refractivity contribution is -0.160. The SMILES string of the molecule is C[SiH](C)O[C@](C)([C@H]1C(=O)N[C@@H]1CC(=O)C1CN(C(=O)OCc2ccccc2)N(C(=O)OCc2ccccc2)C1)C(C)(C)C. The smallest absolute Gasteiger partial charge is 0.429 e. The number of β-lactam (4-membered cyclic amide) rings is 1. The van der Waals surface area contributed by atoms with Gasteiger partial charge in [-0.15, -0.1) is 0 Å². The van der Waals surface area contributed by atoms with Crippen LogP contribution in [0.3, 0.4) is 0 Å². The highest BCUT2D eigenvalue weighted by Crippen LogP contribution is 2.45. The molecule has 2 aromatic rings. The van der Waals surface area contributed by atoms with Gasteiger partial charge < -0.3 is 19.2 Å². The highest BCUT2D eigenvalue weighted by molar-refractivity contribution is 6.48. The van der Waals surface area contributed by atoms with Crippen molar-refractivity contribution in [1.82, 2.24) is 15.3 Å². The average Bonchev–Trinajstić information content (AvgIpc) is 3.40. The fraction of sp³-hybridized carbons (Fsp3) is 0.500. The molecule has 0 unspecified atom stereocenters. The zero-order valence-corrected chi connectivity index (χ0v) is 27.0. The van der Waals surface area contributed by atoms with Gasteiger partial charge >= 0.3 is 12.2 Å². The first kappa shape index (κ1) is 32.2. The lowest BCUT2D eigenvalue weighted by Gasteiger charge is -2.54. The molecule has 11 heteroatoms. The minimum Gasteiger partial charge on any atom is -0.443 e. The van der Waals surface area contributed by atoms with Gasteiger partial charge in [-0.25, -0.2) is 19.6 Å². The normalized spacial score (nSPS) is 20.3. The van der Waals surface area contributed by atoms with Crippen molar-refractivity contribution in [3.8, 4) is 0 Å². The first-order chi connectivity index (χ1) is 20.3. The topological polar surface area (TPSA) is 114 Å². The molecule has 10 nitrogen and oxygen atoms in total. The van der Waals surface area contributed by atoms with Gasteiger partial charge in [0.05, 0.1) is 36.6 Å². The third-order valence-corrected chi connectivity index (χ3v) is 9.32. The fourth-order valence-corrected chi connectivity index (χ4v) is 7.12. The second-order valence-electron chi connectivity index (χ2n) is 12.7. The highest BCUT2D eigenvalue weighted by Gasteiger charge is 2.58. The van der Waals surface area contributed by atoms with Crippen LogP contribution in [0, 0.1) is 17.3 Å². The van der Waals surface area contributed by atoms with Crippen LogP contribution >= 0.6 is 0 Å². The number of nitrogens with zero attached hydrogens (tertiary/aromatic N) is 2. The lowest BCUT2D eigenvalue weighted by atomic mass is 9.63. The first-order valence-electron chi connectivity index (χ1n) is 14.8. The number of hydrogen-bond acceptors (Lipinski definition) is 7. The van der Waals surface area contributed by atoms with Crippen LogP contribution in [-0.4, -0.2) is 67.7 Å². The van der Waals surface area contributed by atoms with Gasteiger partial charge in [-0.2, -0.15) is 0 Å². The largest absolute Gasteiger partial charge is 0.443 e. The monoisotopic (exact) mass is 609 g/mol. The van der Waals surface area contributed by atoms with Crippen LogP contribution in [0.4, 0.5) is 9.59 Å². The summed E-state index contributed by atoms with van der Waals surface area (Å²) in [4.78, 5) is 52.9. The van der Waals surface area contributed by atoms with Gasteiger partial charge in [0.15, 0.2) is 9.04 Å². The molecule has 0 aliphatic carbocycles. The van der Waals surface area contributed by atoms with E-state index in [-0.39, 0.29) is 49.8 Å². The molecule has 2 heterocycles. The van der Waals surface area contributed by atoms with Crippen molar-refractivity contribution in [1.29, 1.82) is 0 Å². The molecule has 0 spiro atoms. The molecule has 2 aliphatic rings. The number of carbonyl (C=O) groups is 4. The Morgan fingerprint density at radius 3 is 1.70 bits per heavy atom. The Bertz CT molecular complexity index is 1240. The van der Waals surface area contributed by atoms with Crippen molar-refractivity contribution in [3.05, 3.63) is 71.8 Å². The summed E-state index contributed by atoms with van der Waals surface area (Å²) >= 11 is 0. The van der Waals surface area contributed by atoms with Crippen molar-refractivity contribution in [2.75, 3.05) is 13.1 Å². The van der Waals surface area contributed by atoms with Crippen LogP contribution in [0.5, 0.6) is 0 Å². The maximum Gasteiger partial charge on any atom is 0.429 e. The van der Waals surface area contributed by atoms with E-state index < -0.39 is 44.7 Å². The number of benzene rings is 2. The summed E-state index contributed by atoms with van der Waals surface area (Å²) in [6.07, 6.45) is -1.43. The molecule has 2 aromatic carbocycles. The molecule has 2 aliphatic heterocycles. The summed E-state index contributed by atoms with van der Waals surface area (Å²) in [5.74, 6) is -1.46. The quantitative estimate of drug-likeness (QED) is 0.307. The molecule has 1 N–H and O–H groups in total. The zero-order chi connectivity index (χ0) is 31.4. The molecule has 232 valence electrons. The van der Waals surface area contributed by atoms with E-state index in [0.29, 0.717) is 0 Å². The molecule has 0 aromatic heterocycles. The summed E-state index contributed by atoms with van der Waals surface area (Å²) in [5.41, 5.74) is 0.485. The maximum absolute atomic E-state index is 13.7. The highest BCUT2D eigenvalue weighted by atomic mass is 28.3. The lowest BCUT2D eigenvalue weighted by Crippen LogP contribution is -2.70. The summed E-state index contributed by atoms with van der Waals surface area (Å²) in [7, 11) is -1.52. The van der Waals surface area contributed by atoms with Crippen molar-refractivity contribution in [2.45, 2.75) is 72.1 Å². The van der Waals surface area contributed by atoms with Gasteiger partial charge in [0.2, 0.25) is 5.91 Å². The van der Waals surface area contributed by atoms with Crippen molar-refractivity contribution in [2.24, 2.45) is 17.3 Å². The Balaban J connectivity index is 1.47. The Hall–Kier alpha value is -3.70. The predicted octanol–water partition coefficient (Wildman–Crippen LogP) is 4.69. The Kier molecular flexibility index (Phi) is 9.96. The number of hydrogen-bond donors (Lipinski definition) is 1. The zero-order valence-electron chi connectivity index (χ0n) is 25.9. The van der Waals surface area contributed by atoms with Gasteiger partial charge in [-0.3, -0.25) is 9.59 Å². The van der Waals surface area contributed by atoms with Gasteiger partial charge in [0.25, 0.3) is 0 Å². The van der Waals surface area contributed by atoms with Crippen LogP contribution in [-0.2, 0) is 36.7 Å². The minimum atomic E-state index is -1.52. The minimum absolute atomic E-state index is 0.0159. The van der Waals surface area contributed by atoms with E-state index in [1.165, 1.54) is 0 Å². The molecular weight excluding hydrogens is 566 g/mol. The van der Waals surface area contributed by atoms with E-state index in [0.717, 1.165) is 21.1 Å². The fourth-order valence-electron chi connectivity index (χ4n) is 5.64. The Morgan fingerprint density at radius 1 is 0.837 bits per heavy atom. The molecule has 0 radical (unpaired) electrons. The van der Waals surface area contributed by atoms with Gasteiger partial charge in [-0.05, 0) is 36.6 Å². The number of ether oxygens (including phenoxy) is 2. The number of hydrazine groups is 1. The molecule has 0 bridgehead atoms. The Morgan fingerprint density at radius 2 is 1.30 bits per heavy atom. The molecule has 2 fully saturated rings. The first-order valence-corrected chi connectivity index (χ1v) is 17.6. The summed E-state index contributed by atoms with van der Waals surface area (Å²) in [5, 5.41) is 5.19. The van der Waals surface area contributed by atoms with Crippen molar-refractivity contribution in [3.63, 3.8) is 0 Å². The summed E-state index contributed by atoms with van der Waals surface area (Å²) in [6, 6.07) is 18.0. The van der Waals surface area contributed by atoms with E-state index in [1.54, 1.807) is 0 Å². The van der Waals surface area contributed by atoms with E-state index >= 15 is 0 Å². The molecule has 2 saturated heterocycles. The molecular formula is C32H43N3O7Si. The van der Waals surface area contributed by atoms with E-state index in [9.17, 15) is 19.2 Å². The van der Waals surface area contributed by atoms with E-state index in [1.807, 2.05) is 88.4 Å². The third kappa shape index (κ3) is 7.45. The van der Waals surface area contributed by atoms with Crippen molar-refractivity contribution >= 4 is 32.9 Å². The van der Waals surface area contributed by atoms with Crippen LogP contribution < -0.4 is 5.32 Å². The summed E-state index contributed by atoms with van der Waals surface area (Å²) < 4.78 is 17.5. The molecule has 4 rings (SSSR count). The van der Waals surface area contributed by atoms with Crippen LogP contribution in [0.2, 0.25) is 13.1 Å². The third-order valence-electron chi connectivity index (χ3n) is 8.36. The number of nitrogens with one attached hydrogen (secondary N) is 1. The number of ketones is 1. The second-order valence-corrected chi connectivity index (χ2v) is 15.1. The van der Waals surface area contributed by atoms with Gasteiger partial charge in [0, 0.05) is 6.42 Å². The number of rotatable bonds is 10. The molecule has 43 heavy (non-hydrogen) atoms. The maximum atomic E-state index is 13.7. The van der Waals surface area contributed by atoms with Crippen LogP contribution in [0.1, 0.15) is 45.2 Å². The van der Waals surface area contributed by atoms with Gasteiger partial charge in [-0.1, -0.05) is 81.4 Å². The van der Waals surface area contributed by atoms with Gasteiger partial charge in [0.1, 0.15) is 19.0 Å². The summed E-state index contributed by atoms with van der Waals surface area (Å²) in [6.45, 7) is 12.2. The number of carbonyl (C=O) groups excluding carboxylic acids is 4. The Labute approximate surface area is 255 Å². The van der Waals surface area contributed by atoms with E-state index in [2.05, 4.69) is 18.4 Å². The van der Waals surface area contributed by atoms with Crippen molar-refractivity contribution < 1.29 is 33.1 Å². The number of amides is 3. The predicted molar refractivity (Wildman–Crippen MR) is 163 cm³/mol. The molecule has 3 atom stereocenters. The van der Waals surface area contributed by atoms with Crippen LogP contribution in [0.25, 0.3) is 0 Å². The van der Waals surface area contributed by atoms with Crippen LogP contribution in [0.15, 0.2) is 60.7 Å². The number of Topliss-reactive ketones (excluding diaryl/α,β-unsaturated/α-hetero) is 1. The average molecular weight is 610 g/mol. The second kappa shape index (κ2) is 13.3. The molecule has 3 amide bonds. The van der Waals surface area contributed by atoms with E-state index in [4.69, 9.17) is 13.9 Å².